The van der Waals surface area contributed by atoms with E-state index in [1.165, 1.54) is 42.3 Å². The topological polar surface area (TPSA) is 20.7 Å². The summed E-state index contributed by atoms with van der Waals surface area (Å²) >= 11 is 5.54. The number of imidazole rings is 1. The van der Waals surface area contributed by atoms with Crippen molar-refractivity contribution in [1.29, 1.82) is 0 Å². The van der Waals surface area contributed by atoms with E-state index in [0.717, 1.165) is 4.77 Å². The fourth-order valence-corrected chi connectivity index (χ4v) is 3.59. The highest BCUT2D eigenvalue weighted by Crippen LogP contribution is 2.41. The molecule has 1 aromatic carbocycles. The van der Waals surface area contributed by atoms with E-state index in [0.29, 0.717) is 11.5 Å². The first-order chi connectivity index (χ1) is 8.96. The van der Waals surface area contributed by atoms with E-state index in [-0.39, 0.29) is 0 Å². The second kappa shape index (κ2) is 4.48. The molecule has 1 saturated carbocycles. The maximum Gasteiger partial charge on any atom is 0.178 e. The number of benzene rings is 1. The van der Waals surface area contributed by atoms with Gasteiger partial charge in [-0.3, -0.25) is 0 Å². The minimum Gasteiger partial charge on any atom is -0.331 e. The van der Waals surface area contributed by atoms with Crippen LogP contribution in [0, 0.1) is 17.1 Å². The van der Waals surface area contributed by atoms with E-state index in [1.807, 2.05) is 0 Å². The lowest BCUT2D eigenvalue weighted by atomic mass is 9.75. The lowest BCUT2D eigenvalue weighted by Crippen LogP contribution is -2.23. The molecule has 2 aromatic rings. The average molecular weight is 274 g/mol. The summed E-state index contributed by atoms with van der Waals surface area (Å²) in [6, 6.07) is 7.10. The summed E-state index contributed by atoms with van der Waals surface area (Å²) in [5, 5.41) is 0. The number of fused-ring (bicyclic) bond motifs is 1. The Morgan fingerprint density at radius 2 is 1.95 bits per heavy atom. The van der Waals surface area contributed by atoms with Crippen LogP contribution in [0.15, 0.2) is 18.2 Å². The maximum absolute atomic E-state index is 5.54. The fourth-order valence-electron chi connectivity index (χ4n) is 3.24. The Balaban J connectivity index is 2.03. The van der Waals surface area contributed by atoms with Gasteiger partial charge in [-0.2, -0.15) is 0 Å². The summed E-state index contributed by atoms with van der Waals surface area (Å²) in [5.74, 6) is 0. The van der Waals surface area contributed by atoms with Gasteiger partial charge >= 0.3 is 0 Å². The highest BCUT2D eigenvalue weighted by molar-refractivity contribution is 7.71. The Hall–Kier alpha value is -1.09. The van der Waals surface area contributed by atoms with Crippen LogP contribution in [0.5, 0.6) is 0 Å². The van der Waals surface area contributed by atoms with E-state index in [4.69, 9.17) is 12.2 Å². The van der Waals surface area contributed by atoms with Crippen molar-refractivity contribution in [3.8, 4) is 0 Å². The Bertz CT molecular complexity index is 653. The number of hydrogen-bond donors (Lipinski definition) is 1. The quantitative estimate of drug-likeness (QED) is 0.713. The highest BCUT2D eigenvalue weighted by Gasteiger charge is 2.28. The molecule has 1 heterocycles. The van der Waals surface area contributed by atoms with Gasteiger partial charge in [-0.15, -0.1) is 0 Å². The summed E-state index contributed by atoms with van der Waals surface area (Å²) in [5.41, 5.74) is 4.24. The Morgan fingerprint density at radius 1 is 1.26 bits per heavy atom. The third kappa shape index (κ3) is 2.36. The predicted octanol–water partition coefficient (Wildman–Crippen LogP) is 5.15. The molecule has 0 amide bonds. The van der Waals surface area contributed by atoms with Crippen LogP contribution in [-0.4, -0.2) is 9.55 Å². The van der Waals surface area contributed by atoms with Crippen molar-refractivity contribution < 1.29 is 0 Å². The summed E-state index contributed by atoms with van der Waals surface area (Å²) in [7, 11) is 0. The zero-order valence-corrected chi connectivity index (χ0v) is 12.8. The second-order valence-electron chi connectivity index (χ2n) is 6.72. The zero-order chi connectivity index (χ0) is 13.6. The molecular weight excluding hydrogens is 252 g/mol. The van der Waals surface area contributed by atoms with Gasteiger partial charge in [-0.25, -0.2) is 0 Å². The Labute approximate surface area is 119 Å². The van der Waals surface area contributed by atoms with Gasteiger partial charge in [-0.1, -0.05) is 19.9 Å². The molecule has 0 bridgehead atoms. The number of nitrogens with zero attached hydrogens (tertiary/aromatic N) is 1. The molecule has 1 aromatic heterocycles. The van der Waals surface area contributed by atoms with Gasteiger partial charge in [0.1, 0.15) is 0 Å². The Morgan fingerprint density at radius 3 is 2.63 bits per heavy atom. The monoisotopic (exact) mass is 274 g/mol. The first-order valence-electron chi connectivity index (χ1n) is 7.17. The van der Waals surface area contributed by atoms with Crippen molar-refractivity contribution in [2.45, 2.75) is 52.5 Å². The molecule has 102 valence electrons. The highest BCUT2D eigenvalue weighted by atomic mass is 32.1. The fraction of sp³-hybridized carbons (Fsp3) is 0.562. The van der Waals surface area contributed by atoms with Crippen LogP contribution in [-0.2, 0) is 0 Å². The number of hydrogen-bond acceptors (Lipinski definition) is 1. The van der Waals surface area contributed by atoms with E-state index in [2.05, 4.69) is 48.5 Å². The maximum atomic E-state index is 5.54. The van der Waals surface area contributed by atoms with Crippen molar-refractivity contribution >= 4 is 23.3 Å². The molecule has 3 rings (SSSR count). The van der Waals surface area contributed by atoms with Crippen LogP contribution in [0.4, 0.5) is 0 Å². The molecule has 0 saturated heterocycles. The molecule has 0 unspecified atom stereocenters. The SMILES string of the molecule is Cc1ccc2[nH]c(=S)n(C3CCC(C)(C)CC3)c2c1. The molecule has 2 nitrogen and oxygen atoms in total. The predicted molar refractivity (Wildman–Crippen MR) is 83.1 cm³/mol. The van der Waals surface area contributed by atoms with Crippen molar-refractivity contribution in [1.82, 2.24) is 9.55 Å². The summed E-state index contributed by atoms with van der Waals surface area (Å²) in [6.45, 7) is 6.90. The van der Waals surface area contributed by atoms with Crippen LogP contribution < -0.4 is 0 Å². The third-order valence-corrected chi connectivity index (χ3v) is 4.85. The molecule has 19 heavy (non-hydrogen) atoms. The lowest BCUT2D eigenvalue weighted by molar-refractivity contribution is 0.195. The van der Waals surface area contributed by atoms with E-state index in [1.54, 1.807) is 0 Å². The van der Waals surface area contributed by atoms with Crippen molar-refractivity contribution in [3.05, 3.63) is 28.5 Å². The molecule has 1 N–H and O–H groups in total. The van der Waals surface area contributed by atoms with E-state index in [9.17, 15) is 0 Å². The van der Waals surface area contributed by atoms with Gasteiger partial charge in [0.15, 0.2) is 4.77 Å². The van der Waals surface area contributed by atoms with Crippen molar-refractivity contribution in [3.63, 3.8) is 0 Å². The molecule has 0 aliphatic heterocycles. The standard InChI is InChI=1S/C16H22N2S/c1-11-4-5-13-14(10-11)18(15(19)17-13)12-6-8-16(2,3)9-7-12/h4-5,10,12H,6-9H2,1-3H3,(H,17,19). The van der Waals surface area contributed by atoms with Gasteiger partial charge in [-0.05, 0) is 67.9 Å². The average Bonchev–Trinajstić information content (AvgIpc) is 2.65. The van der Waals surface area contributed by atoms with Gasteiger partial charge < -0.3 is 9.55 Å². The second-order valence-corrected chi connectivity index (χ2v) is 7.10. The molecular formula is C16H22N2S. The normalized spacial score (nSPS) is 19.9. The molecule has 0 radical (unpaired) electrons. The first kappa shape index (κ1) is 12.9. The third-order valence-electron chi connectivity index (χ3n) is 4.55. The molecule has 1 fully saturated rings. The minimum atomic E-state index is 0.501. The largest absolute Gasteiger partial charge is 0.331 e. The first-order valence-corrected chi connectivity index (χ1v) is 7.58. The smallest absolute Gasteiger partial charge is 0.178 e. The zero-order valence-electron chi connectivity index (χ0n) is 12.0. The number of H-pyrrole nitrogens is 1. The van der Waals surface area contributed by atoms with Crippen LogP contribution >= 0.6 is 12.2 Å². The summed E-state index contributed by atoms with van der Waals surface area (Å²) in [4.78, 5) is 3.35. The van der Waals surface area contributed by atoms with Gasteiger partial charge in [0.2, 0.25) is 0 Å². The summed E-state index contributed by atoms with van der Waals surface area (Å²) < 4.78 is 3.23. The number of nitrogens with one attached hydrogen (secondary N) is 1. The number of aromatic amines is 1. The van der Waals surface area contributed by atoms with E-state index < -0.39 is 0 Å². The molecule has 0 spiro atoms. The van der Waals surface area contributed by atoms with Gasteiger partial charge in [0, 0.05) is 6.04 Å². The summed E-state index contributed by atoms with van der Waals surface area (Å²) in [6.07, 6.45) is 5.06. The minimum absolute atomic E-state index is 0.501. The molecule has 1 aliphatic carbocycles. The Kier molecular flexibility index (Phi) is 3.05. The number of aryl methyl sites for hydroxylation is 1. The number of rotatable bonds is 1. The van der Waals surface area contributed by atoms with Crippen molar-refractivity contribution in [2.75, 3.05) is 0 Å². The molecule has 0 atom stereocenters. The van der Waals surface area contributed by atoms with Gasteiger partial charge in [0.05, 0.1) is 11.0 Å². The van der Waals surface area contributed by atoms with Crippen molar-refractivity contribution in [2.24, 2.45) is 5.41 Å². The van der Waals surface area contributed by atoms with Gasteiger partial charge in [0.25, 0.3) is 0 Å². The van der Waals surface area contributed by atoms with Crippen LogP contribution in [0.3, 0.4) is 0 Å². The van der Waals surface area contributed by atoms with Crippen LogP contribution in [0.2, 0.25) is 0 Å². The number of aromatic nitrogens is 2. The van der Waals surface area contributed by atoms with E-state index >= 15 is 0 Å². The molecule has 1 aliphatic rings. The van der Waals surface area contributed by atoms with Crippen LogP contribution in [0.1, 0.15) is 51.1 Å². The lowest BCUT2D eigenvalue weighted by Gasteiger charge is -2.35. The molecule has 3 heteroatoms. The van der Waals surface area contributed by atoms with Crippen LogP contribution in [0.25, 0.3) is 11.0 Å².